The smallest absolute Gasteiger partial charge is 0.189 e. The Kier molecular flexibility index (Phi) is 6.29. The van der Waals surface area contributed by atoms with E-state index in [4.69, 9.17) is 15.2 Å². The second-order valence-electron chi connectivity index (χ2n) is 4.97. The van der Waals surface area contributed by atoms with Crippen molar-refractivity contribution in [1.29, 1.82) is 0 Å². The van der Waals surface area contributed by atoms with E-state index in [1.165, 1.54) is 9.75 Å². The van der Waals surface area contributed by atoms with Crippen LogP contribution in [0, 0.1) is 0 Å². The summed E-state index contributed by atoms with van der Waals surface area (Å²) in [7, 11) is 3.23. The molecule has 0 fully saturated rings. The van der Waals surface area contributed by atoms with Crippen LogP contribution in [-0.2, 0) is 19.5 Å². The zero-order valence-electron chi connectivity index (χ0n) is 13.8. The lowest BCUT2D eigenvalue weighted by Crippen LogP contribution is -2.30. The molecule has 2 rings (SSSR count). The highest BCUT2D eigenvalue weighted by atomic mass is 32.1. The van der Waals surface area contributed by atoms with E-state index < -0.39 is 0 Å². The summed E-state index contributed by atoms with van der Waals surface area (Å²) in [6.45, 7) is 3.35. The van der Waals surface area contributed by atoms with Crippen LogP contribution >= 0.6 is 11.3 Å². The van der Waals surface area contributed by atoms with Gasteiger partial charge in [0, 0.05) is 9.75 Å². The van der Waals surface area contributed by atoms with Crippen molar-refractivity contribution in [3.05, 3.63) is 45.6 Å². The Morgan fingerprint density at radius 3 is 2.52 bits per heavy atom. The second kappa shape index (κ2) is 8.43. The van der Waals surface area contributed by atoms with Crippen LogP contribution in [0.15, 0.2) is 35.3 Å². The van der Waals surface area contributed by atoms with Crippen LogP contribution in [0.25, 0.3) is 0 Å². The first-order valence-corrected chi connectivity index (χ1v) is 8.30. The molecule has 0 saturated heterocycles. The number of benzene rings is 1. The molecule has 0 aliphatic heterocycles. The minimum atomic E-state index is 0.436. The van der Waals surface area contributed by atoms with Crippen LogP contribution in [0.5, 0.6) is 11.5 Å². The number of ether oxygens (including phenoxy) is 2. The van der Waals surface area contributed by atoms with E-state index in [2.05, 4.69) is 29.4 Å². The molecule has 0 amide bonds. The number of nitrogens with two attached hydrogens (primary N) is 1. The second-order valence-corrected chi connectivity index (χ2v) is 6.22. The van der Waals surface area contributed by atoms with E-state index in [1.807, 2.05) is 18.2 Å². The summed E-state index contributed by atoms with van der Waals surface area (Å²) >= 11 is 1.79. The zero-order chi connectivity index (χ0) is 16.7. The fourth-order valence-corrected chi connectivity index (χ4v) is 2.99. The average molecular weight is 333 g/mol. The van der Waals surface area contributed by atoms with Crippen LogP contribution in [0.4, 0.5) is 0 Å². The van der Waals surface area contributed by atoms with Crippen LogP contribution < -0.4 is 20.5 Å². The van der Waals surface area contributed by atoms with Crippen molar-refractivity contribution in [3.8, 4) is 11.5 Å². The van der Waals surface area contributed by atoms with Gasteiger partial charge in [-0.2, -0.15) is 0 Å². The van der Waals surface area contributed by atoms with Crippen LogP contribution in [0.1, 0.15) is 22.2 Å². The maximum absolute atomic E-state index is 5.92. The van der Waals surface area contributed by atoms with Crippen molar-refractivity contribution in [3.63, 3.8) is 0 Å². The SMILES string of the molecule is CCc1ccc(CNC(N)=NCc2ccc(OC)c(OC)c2)s1. The summed E-state index contributed by atoms with van der Waals surface area (Å²) in [6.07, 6.45) is 1.06. The minimum absolute atomic E-state index is 0.436. The molecule has 124 valence electrons. The number of hydrogen-bond acceptors (Lipinski definition) is 4. The van der Waals surface area contributed by atoms with E-state index >= 15 is 0 Å². The van der Waals surface area contributed by atoms with Crippen molar-refractivity contribution >= 4 is 17.3 Å². The summed E-state index contributed by atoms with van der Waals surface area (Å²) in [5, 5.41) is 3.14. The highest BCUT2D eigenvalue weighted by Gasteiger charge is 2.04. The standard InChI is InChI=1S/C17H23N3O2S/c1-4-13-6-7-14(23-13)11-20-17(18)19-10-12-5-8-15(21-2)16(9-12)22-3/h5-9H,4,10-11H2,1-3H3,(H3,18,19,20). The molecule has 1 heterocycles. The molecule has 0 aliphatic rings. The van der Waals surface area contributed by atoms with Crippen LogP contribution in [0.3, 0.4) is 0 Å². The van der Waals surface area contributed by atoms with E-state index in [0.29, 0.717) is 30.5 Å². The molecule has 0 aliphatic carbocycles. The highest BCUT2D eigenvalue weighted by molar-refractivity contribution is 7.11. The molecule has 6 heteroatoms. The van der Waals surface area contributed by atoms with E-state index in [1.54, 1.807) is 25.6 Å². The van der Waals surface area contributed by atoms with Crippen molar-refractivity contribution < 1.29 is 9.47 Å². The Balaban J connectivity index is 1.91. The van der Waals surface area contributed by atoms with Gasteiger partial charge in [0.1, 0.15) is 0 Å². The molecule has 0 radical (unpaired) electrons. The van der Waals surface area contributed by atoms with Crippen molar-refractivity contribution in [2.75, 3.05) is 14.2 Å². The topological polar surface area (TPSA) is 68.9 Å². The molecule has 0 atom stereocenters. The van der Waals surface area contributed by atoms with Gasteiger partial charge in [-0.3, -0.25) is 0 Å². The van der Waals surface area contributed by atoms with Gasteiger partial charge in [-0.15, -0.1) is 11.3 Å². The van der Waals surface area contributed by atoms with Crippen molar-refractivity contribution in [2.24, 2.45) is 10.7 Å². The summed E-state index contributed by atoms with van der Waals surface area (Å²) < 4.78 is 10.5. The maximum Gasteiger partial charge on any atom is 0.189 e. The van der Waals surface area contributed by atoms with E-state index in [-0.39, 0.29) is 0 Å². The predicted octanol–water partition coefficient (Wildman–Crippen LogP) is 2.93. The van der Waals surface area contributed by atoms with Gasteiger partial charge in [0.2, 0.25) is 0 Å². The summed E-state index contributed by atoms with van der Waals surface area (Å²) in [6, 6.07) is 10.00. The molecular weight excluding hydrogens is 310 g/mol. The van der Waals surface area contributed by atoms with Gasteiger partial charge in [0.25, 0.3) is 0 Å². The molecule has 0 spiro atoms. The average Bonchev–Trinajstić information content (AvgIpc) is 3.05. The van der Waals surface area contributed by atoms with Crippen molar-refractivity contribution in [2.45, 2.75) is 26.4 Å². The Hall–Kier alpha value is -2.21. The predicted molar refractivity (Wildman–Crippen MR) is 95.4 cm³/mol. The molecule has 1 aromatic heterocycles. The maximum atomic E-state index is 5.92. The third-order valence-electron chi connectivity index (χ3n) is 3.39. The van der Waals surface area contributed by atoms with Gasteiger partial charge < -0.3 is 20.5 Å². The number of nitrogens with zero attached hydrogens (tertiary/aromatic N) is 1. The summed E-state index contributed by atoms with van der Waals surface area (Å²) in [4.78, 5) is 6.99. The van der Waals surface area contributed by atoms with Crippen LogP contribution in [0.2, 0.25) is 0 Å². The minimum Gasteiger partial charge on any atom is -0.493 e. The van der Waals surface area contributed by atoms with E-state index in [9.17, 15) is 0 Å². The fourth-order valence-electron chi connectivity index (χ4n) is 2.10. The van der Waals surface area contributed by atoms with Gasteiger partial charge in [0.15, 0.2) is 17.5 Å². The molecule has 0 bridgehead atoms. The highest BCUT2D eigenvalue weighted by Crippen LogP contribution is 2.27. The van der Waals surface area contributed by atoms with Gasteiger partial charge >= 0.3 is 0 Å². The summed E-state index contributed by atoms with van der Waals surface area (Å²) in [5.41, 5.74) is 6.93. The first-order valence-electron chi connectivity index (χ1n) is 7.48. The number of thiophene rings is 1. The molecule has 1 aromatic carbocycles. The zero-order valence-corrected chi connectivity index (χ0v) is 14.6. The lowest BCUT2D eigenvalue weighted by molar-refractivity contribution is 0.354. The van der Waals surface area contributed by atoms with Gasteiger partial charge in [-0.25, -0.2) is 4.99 Å². The third-order valence-corrected chi connectivity index (χ3v) is 4.62. The Bertz CT molecular complexity index is 668. The fraction of sp³-hybridized carbons (Fsp3) is 0.353. The first-order chi connectivity index (χ1) is 11.2. The Morgan fingerprint density at radius 1 is 1.13 bits per heavy atom. The number of aliphatic imine (C=N–C) groups is 1. The van der Waals surface area contributed by atoms with Gasteiger partial charge in [-0.1, -0.05) is 13.0 Å². The number of methoxy groups -OCH3 is 2. The van der Waals surface area contributed by atoms with E-state index in [0.717, 1.165) is 12.0 Å². The normalized spacial score (nSPS) is 11.3. The molecular formula is C17H23N3O2S. The Labute approximate surface area is 141 Å². The largest absolute Gasteiger partial charge is 0.493 e. The number of nitrogens with one attached hydrogen (secondary N) is 1. The quantitative estimate of drug-likeness (QED) is 0.604. The number of hydrogen-bond donors (Lipinski definition) is 2. The molecule has 0 saturated carbocycles. The molecule has 3 N–H and O–H groups in total. The third kappa shape index (κ3) is 4.89. The Morgan fingerprint density at radius 2 is 1.87 bits per heavy atom. The molecule has 23 heavy (non-hydrogen) atoms. The lowest BCUT2D eigenvalue weighted by atomic mass is 10.2. The first kappa shape index (κ1) is 17.1. The van der Waals surface area contributed by atoms with Crippen LogP contribution in [-0.4, -0.2) is 20.2 Å². The van der Waals surface area contributed by atoms with Gasteiger partial charge in [0.05, 0.1) is 27.3 Å². The number of guanidine groups is 1. The molecule has 0 unspecified atom stereocenters. The molecule has 2 aromatic rings. The van der Waals surface area contributed by atoms with Crippen molar-refractivity contribution in [1.82, 2.24) is 5.32 Å². The lowest BCUT2D eigenvalue weighted by Gasteiger charge is -2.09. The monoisotopic (exact) mass is 333 g/mol. The summed E-state index contributed by atoms with van der Waals surface area (Å²) in [5.74, 6) is 1.83. The molecule has 5 nitrogen and oxygen atoms in total. The number of aryl methyl sites for hydroxylation is 1. The van der Waals surface area contributed by atoms with Gasteiger partial charge in [-0.05, 0) is 36.2 Å². The number of rotatable bonds is 7.